The van der Waals surface area contributed by atoms with Crippen molar-refractivity contribution in [2.45, 2.75) is 39.5 Å². The van der Waals surface area contributed by atoms with Crippen LogP contribution in [0.5, 0.6) is 0 Å². The SMILES string of the molecule is CCCN(CCC)C(=O)CCC(=O)NCCN1CCNCC1. The molecule has 1 heterocycles. The van der Waals surface area contributed by atoms with E-state index < -0.39 is 0 Å². The second-order valence-corrected chi connectivity index (χ2v) is 5.82. The molecule has 0 bridgehead atoms. The number of carbonyl (C=O) groups is 2. The molecule has 0 radical (unpaired) electrons. The number of carbonyl (C=O) groups excluding carboxylic acids is 2. The molecule has 0 aromatic rings. The average molecular weight is 312 g/mol. The fraction of sp³-hybridized carbons (Fsp3) is 0.875. The first-order valence-corrected chi connectivity index (χ1v) is 8.64. The molecule has 2 amide bonds. The Bertz CT molecular complexity index is 324. The first-order valence-electron chi connectivity index (χ1n) is 8.64. The fourth-order valence-corrected chi connectivity index (χ4v) is 2.66. The van der Waals surface area contributed by atoms with Crippen LogP contribution in [0.25, 0.3) is 0 Å². The van der Waals surface area contributed by atoms with Crippen LogP contribution in [0.1, 0.15) is 39.5 Å². The van der Waals surface area contributed by atoms with Gasteiger partial charge in [0.05, 0.1) is 0 Å². The predicted octanol–water partition coefficient (Wildman–Crippen LogP) is 0.437. The van der Waals surface area contributed by atoms with E-state index >= 15 is 0 Å². The summed E-state index contributed by atoms with van der Waals surface area (Å²) in [5.74, 6) is 0.0809. The maximum atomic E-state index is 12.1. The highest BCUT2D eigenvalue weighted by molar-refractivity contribution is 5.83. The van der Waals surface area contributed by atoms with Gasteiger partial charge in [0.15, 0.2) is 0 Å². The molecular formula is C16H32N4O2. The third-order valence-electron chi connectivity index (χ3n) is 3.87. The Kier molecular flexibility index (Phi) is 9.82. The molecule has 128 valence electrons. The monoisotopic (exact) mass is 312 g/mol. The standard InChI is InChI=1S/C16H32N4O2/c1-3-10-20(11-4-2)16(22)6-5-15(21)18-9-14-19-12-7-17-8-13-19/h17H,3-14H2,1-2H3,(H,18,21). The van der Waals surface area contributed by atoms with E-state index in [-0.39, 0.29) is 11.8 Å². The van der Waals surface area contributed by atoms with Gasteiger partial charge in [0, 0.05) is 65.2 Å². The van der Waals surface area contributed by atoms with Crippen LogP contribution in [0.4, 0.5) is 0 Å². The molecular weight excluding hydrogens is 280 g/mol. The molecule has 0 unspecified atom stereocenters. The van der Waals surface area contributed by atoms with E-state index in [1.54, 1.807) is 0 Å². The van der Waals surface area contributed by atoms with Crippen LogP contribution in [-0.2, 0) is 9.59 Å². The van der Waals surface area contributed by atoms with Crippen molar-refractivity contribution in [3.63, 3.8) is 0 Å². The maximum Gasteiger partial charge on any atom is 0.223 e. The molecule has 0 aromatic carbocycles. The van der Waals surface area contributed by atoms with Gasteiger partial charge in [0.1, 0.15) is 0 Å². The molecule has 1 fully saturated rings. The smallest absolute Gasteiger partial charge is 0.223 e. The number of amides is 2. The summed E-state index contributed by atoms with van der Waals surface area (Å²) in [4.78, 5) is 28.1. The summed E-state index contributed by atoms with van der Waals surface area (Å²) in [5.41, 5.74) is 0. The third-order valence-corrected chi connectivity index (χ3v) is 3.87. The zero-order valence-electron chi connectivity index (χ0n) is 14.2. The Labute approximate surface area is 134 Å². The van der Waals surface area contributed by atoms with Crippen LogP contribution >= 0.6 is 0 Å². The minimum atomic E-state index is -0.0172. The quantitative estimate of drug-likeness (QED) is 0.614. The van der Waals surface area contributed by atoms with E-state index in [4.69, 9.17) is 0 Å². The van der Waals surface area contributed by atoms with E-state index in [0.717, 1.165) is 58.7 Å². The normalized spacial score (nSPS) is 15.5. The molecule has 22 heavy (non-hydrogen) atoms. The molecule has 6 nitrogen and oxygen atoms in total. The Morgan fingerprint density at radius 3 is 2.32 bits per heavy atom. The topological polar surface area (TPSA) is 64.7 Å². The van der Waals surface area contributed by atoms with Gasteiger partial charge in [-0.1, -0.05) is 13.8 Å². The summed E-state index contributed by atoms with van der Waals surface area (Å²) >= 11 is 0. The third kappa shape index (κ3) is 7.75. The summed E-state index contributed by atoms with van der Waals surface area (Å²) in [6, 6.07) is 0. The molecule has 1 rings (SSSR count). The summed E-state index contributed by atoms with van der Waals surface area (Å²) in [6.45, 7) is 11.4. The predicted molar refractivity (Wildman–Crippen MR) is 88.7 cm³/mol. The highest BCUT2D eigenvalue weighted by Gasteiger charge is 2.14. The molecule has 1 saturated heterocycles. The van der Waals surface area contributed by atoms with Crippen LogP contribution < -0.4 is 10.6 Å². The molecule has 2 N–H and O–H groups in total. The highest BCUT2D eigenvalue weighted by Crippen LogP contribution is 2.01. The van der Waals surface area contributed by atoms with E-state index in [9.17, 15) is 9.59 Å². The lowest BCUT2D eigenvalue weighted by molar-refractivity contribution is -0.133. The number of nitrogens with zero attached hydrogens (tertiary/aromatic N) is 2. The van der Waals surface area contributed by atoms with Crippen LogP contribution in [0.2, 0.25) is 0 Å². The molecule has 0 aliphatic carbocycles. The zero-order chi connectivity index (χ0) is 16.2. The lowest BCUT2D eigenvalue weighted by Crippen LogP contribution is -2.46. The van der Waals surface area contributed by atoms with Gasteiger partial charge in [-0.05, 0) is 12.8 Å². The van der Waals surface area contributed by atoms with Crippen molar-refractivity contribution in [2.75, 3.05) is 52.4 Å². The Hall–Kier alpha value is -1.14. The summed E-state index contributed by atoms with van der Waals surface area (Å²) in [5, 5.41) is 6.22. The Morgan fingerprint density at radius 1 is 1.09 bits per heavy atom. The number of piperazine rings is 1. The van der Waals surface area contributed by atoms with Crippen LogP contribution in [-0.4, -0.2) is 74.0 Å². The average Bonchev–Trinajstić information content (AvgIpc) is 2.53. The van der Waals surface area contributed by atoms with Crippen LogP contribution in [0.15, 0.2) is 0 Å². The lowest BCUT2D eigenvalue weighted by atomic mass is 10.2. The second-order valence-electron chi connectivity index (χ2n) is 5.82. The first kappa shape index (κ1) is 18.9. The second kappa shape index (κ2) is 11.4. The van der Waals surface area contributed by atoms with Gasteiger partial charge in [0.2, 0.25) is 11.8 Å². The van der Waals surface area contributed by atoms with E-state index in [1.807, 2.05) is 4.90 Å². The van der Waals surface area contributed by atoms with Crippen molar-refractivity contribution in [3.8, 4) is 0 Å². The summed E-state index contributed by atoms with van der Waals surface area (Å²) in [7, 11) is 0. The summed E-state index contributed by atoms with van der Waals surface area (Å²) in [6.07, 6.45) is 2.54. The Balaban J connectivity index is 2.14. The van der Waals surface area contributed by atoms with Crippen molar-refractivity contribution >= 4 is 11.8 Å². The Morgan fingerprint density at radius 2 is 1.73 bits per heavy atom. The van der Waals surface area contributed by atoms with E-state index in [2.05, 4.69) is 29.4 Å². The van der Waals surface area contributed by atoms with Crippen LogP contribution in [0.3, 0.4) is 0 Å². The van der Waals surface area contributed by atoms with Gasteiger partial charge in [0.25, 0.3) is 0 Å². The van der Waals surface area contributed by atoms with Crippen molar-refractivity contribution in [1.29, 1.82) is 0 Å². The number of hydrogen-bond donors (Lipinski definition) is 2. The van der Waals surface area contributed by atoms with Gasteiger partial charge in [-0.2, -0.15) is 0 Å². The van der Waals surface area contributed by atoms with Gasteiger partial charge >= 0.3 is 0 Å². The molecule has 0 aromatic heterocycles. The lowest BCUT2D eigenvalue weighted by Gasteiger charge is -2.27. The molecule has 1 aliphatic rings. The van der Waals surface area contributed by atoms with Crippen molar-refractivity contribution in [2.24, 2.45) is 0 Å². The van der Waals surface area contributed by atoms with Gasteiger partial charge in [-0.15, -0.1) is 0 Å². The molecule has 0 saturated carbocycles. The summed E-state index contributed by atoms with van der Waals surface area (Å²) < 4.78 is 0. The van der Waals surface area contributed by atoms with Gasteiger partial charge < -0.3 is 15.5 Å². The number of hydrogen-bond acceptors (Lipinski definition) is 4. The zero-order valence-corrected chi connectivity index (χ0v) is 14.2. The molecule has 0 atom stereocenters. The van der Waals surface area contributed by atoms with Crippen molar-refractivity contribution < 1.29 is 9.59 Å². The van der Waals surface area contributed by atoms with Crippen molar-refractivity contribution in [3.05, 3.63) is 0 Å². The first-order chi connectivity index (χ1) is 10.7. The van der Waals surface area contributed by atoms with E-state index in [0.29, 0.717) is 19.4 Å². The maximum absolute atomic E-state index is 12.1. The number of rotatable bonds is 10. The number of nitrogens with one attached hydrogen (secondary N) is 2. The van der Waals surface area contributed by atoms with Gasteiger partial charge in [-0.25, -0.2) is 0 Å². The highest BCUT2D eigenvalue weighted by atomic mass is 16.2. The van der Waals surface area contributed by atoms with Crippen LogP contribution in [0, 0.1) is 0 Å². The minimum absolute atomic E-state index is 0.0172. The van der Waals surface area contributed by atoms with Gasteiger partial charge in [-0.3, -0.25) is 14.5 Å². The fourth-order valence-electron chi connectivity index (χ4n) is 2.66. The molecule has 1 aliphatic heterocycles. The molecule has 0 spiro atoms. The largest absolute Gasteiger partial charge is 0.355 e. The van der Waals surface area contributed by atoms with Crippen molar-refractivity contribution in [1.82, 2.24) is 20.4 Å². The van der Waals surface area contributed by atoms with E-state index in [1.165, 1.54) is 0 Å². The minimum Gasteiger partial charge on any atom is -0.355 e. The molecule has 6 heteroatoms.